The second-order valence-electron chi connectivity index (χ2n) is 4.36. The van der Waals surface area contributed by atoms with Crippen LogP contribution < -0.4 is 11.1 Å². The number of amides is 1. The normalized spacial score (nSPS) is 11.0. The maximum Gasteiger partial charge on any atom is 0.263 e. The highest BCUT2D eigenvalue weighted by Crippen LogP contribution is 2.34. The molecule has 0 saturated carbocycles. The topological polar surface area (TPSA) is 55.1 Å². The van der Waals surface area contributed by atoms with Gasteiger partial charge >= 0.3 is 0 Å². The van der Waals surface area contributed by atoms with E-state index in [4.69, 9.17) is 5.73 Å². The number of nitrogens with one attached hydrogen (secondary N) is 1. The molecule has 7 heteroatoms. The van der Waals surface area contributed by atoms with Gasteiger partial charge in [-0.1, -0.05) is 0 Å². The monoisotopic (exact) mass is 384 g/mol. The van der Waals surface area contributed by atoms with Crippen LogP contribution >= 0.6 is 38.6 Å². The number of halogens is 2. The van der Waals surface area contributed by atoms with E-state index in [1.165, 1.54) is 23.5 Å². The number of hydrogen-bond acceptors (Lipinski definition) is 4. The van der Waals surface area contributed by atoms with Gasteiger partial charge in [-0.15, -0.1) is 22.7 Å². The van der Waals surface area contributed by atoms with Crippen LogP contribution in [0.2, 0.25) is 0 Å². The molecule has 0 spiro atoms. The number of thiophene rings is 2. The molecule has 3 nitrogen and oxygen atoms in total. The Hall–Kier alpha value is -1.44. The summed E-state index contributed by atoms with van der Waals surface area (Å²) in [6, 6.07) is 6.29. The van der Waals surface area contributed by atoms with Crippen LogP contribution in [0, 0.1) is 5.82 Å². The highest BCUT2D eigenvalue weighted by molar-refractivity contribution is 9.10. The molecule has 0 bridgehead atoms. The van der Waals surface area contributed by atoms with Crippen LogP contribution in [0.4, 0.5) is 10.1 Å². The van der Waals surface area contributed by atoms with E-state index in [9.17, 15) is 9.18 Å². The quantitative estimate of drug-likeness (QED) is 0.703. The fraction of sp³-hybridized carbons (Fsp3) is 0.0714. The Morgan fingerprint density at radius 1 is 1.38 bits per heavy atom. The largest absolute Gasteiger partial charge is 0.397 e. The summed E-state index contributed by atoms with van der Waals surface area (Å²) in [5, 5.41) is 5.37. The summed E-state index contributed by atoms with van der Waals surface area (Å²) < 4.78 is 15.0. The second-order valence-corrected chi connectivity index (χ2v) is 7.27. The third-order valence-electron chi connectivity index (χ3n) is 3.00. The lowest BCUT2D eigenvalue weighted by Gasteiger charge is -2.03. The molecular formula is C14H10BrFN2OS2. The number of carbonyl (C=O) groups is 1. The van der Waals surface area contributed by atoms with Gasteiger partial charge in [-0.2, -0.15) is 0 Å². The molecule has 0 aliphatic rings. The minimum Gasteiger partial charge on any atom is -0.397 e. The van der Waals surface area contributed by atoms with Gasteiger partial charge in [0.1, 0.15) is 10.7 Å². The molecule has 2 heterocycles. The van der Waals surface area contributed by atoms with E-state index in [1.54, 1.807) is 17.4 Å². The molecule has 21 heavy (non-hydrogen) atoms. The summed E-state index contributed by atoms with van der Waals surface area (Å²) in [6.07, 6.45) is 0. The summed E-state index contributed by atoms with van der Waals surface area (Å²) >= 11 is 6.25. The molecule has 3 rings (SSSR count). The zero-order chi connectivity index (χ0) is 15.0. The van der Waals surface area contributed by atoms with E-state index < -0.39 is 0 Å². The van der Waals surface area contributed by atoms with Crippen molar-refractivity contribution in [3.8, 4) is 0 Å². The summed E-state index contributed by atoms with van der Waals surface area (Å²) in [7, 11) is 0. The summed E-state index contributed by atoms with van der Waals surface area (Å²) in [5.41, 5.74) is 6.29. The molecule has 0 aliphatic heterocycles. The number of anilines is 1. The lowest BCUT2D eigenvalue weighted by atomic mass is 10.2. The van der Waals surface area contributed by atoms with Gasteiger partial charge in [0, 0.05) is 19.4 Å². The van der Waals surface area contributed by atoms with Crippen LogP contribution in [0.1, 0.15) is 14.5 Å². The van der Waals surface area contributed by atoms with E-state index in [1.807, 2.05) is 11.4 Å². The lowest BCUT2D eigenvalue weighted by Crippen LogP contribution is -2.22. The van der Waals surface area contributed by atoms with E-state index in [0.717, 1.165) is 14.0 Å². The number of nitrogens with two attached hydrogens (primary N) is 1. The minimum absolute atomic E-state index is 0.241. The van der Waals surface area contributed by atoms with Crippen LogP contribution in [0.15, 0.2) is 34.1 Å². The molecule has 0 fully saturated rings. The van der Waals surface area contributed by atoms with Crippen molar-refractivity contribution >= 4 is 60.3 Å². The van der Waals surface area contributed by atoms with Crippen molar-refractivity contribution in [2.75, 3.05) is 5.73 Å². The number of hydrogen-bond donors (Lipinski definition) is 2. The molecule has 3 N–H and O–H groups in total. The maximum absolute atomic E-state index is 13.2. The Morgan fingerprint density at radius 2 is 2.19 bits per heavy atom. The van der Waals surface area contributed by atoms with Crippen LogP contribution in [-0.2, 0) is 6.54 Å². The molecular weight excluding hydrogens is 375 g/mol. The molecule has 0 radical (unpaired) electrons. The predicted octanol–water partition coefficient (Wildman–Crippen LogP) is 4.38. The molecule has 0 saturated heterocycles. The summed E-state index contributed by atoms with van der Waals surface area (Å²) in [4.78, 5) is 13.7. The van der Waals surface area contributed by atoms with Gasteiger partial charge in [-0.25, -0.2) is 4.39 Å². The van der Waals surface area contributed by atoms with Crippen molar-refractivity contribution in [3.05, 3.63) is 49.7 Å². The summed E-state index contributed by atoms with van der Waals surface area (Å²) in [6.45, 7) is 0.430. The van der Waals surface area contributed by atoms with E-state index in [0.29, 0.717) is 22.5 Å². The van der Waals surface area contributed by atoms with Crippen LogP contribution in [0.25, 0.3) is 10.1 Å². The fourth-order valence-electron chi connectivity index (χ4n) is 1.95. The van der Waals surface area contributed by atoms with Crippen LogP contribution in [-0.4, -0.2) is 5.91 Å². The highest BCUT2D eigenvalue weighted by atomic mass is 79.9. The fourth-order valence-corrected chi connectivity index (χ4v) is 4.40. The summed E-state index contributed by atoms with van der Waals surface area (Å²) in [5.74, 6) is -0.601. The minimum atomic E-state index is -0.360. The Bertz CT molecular complexity index is 828. The molecule has 0 atom stereocenters. The number of rotatable bonds is 3. The number of benzene rings is 1. The standard InChI is InChI=1S/C14H10BrFN2OS2/c15-9-3-4-20-11(9)6-18-14(19)13-12(17)8-5-7(16)1-2-10(8)21-13/h1-5H,6,17H2,(H,18,19). The first kappa shape index (κ1) is 14.5. The van der Waals surface area contributed by atoms with Crippen molar-refractivity contribution < 1.29 is 9.18 Å². The van der Waals surface area contributed by atoms with Gasteiger partial charge in [-0.05, 0) is 45.6 Å². The van der Waals surface area contributed by atoms with Gasteiger partial charge in [0.05, 0.1) is 12.2 Å². The zero-order valence-electron chi connectivity index (χ0n) is 10.7. The van der Waals surface area contributed by atoms with Crippen LogP contribution in [0.3, 0.4) is 0 Å². The van der Waals surface area contributed by atoms with Gasteiger partial charge in [0.25, 0.3) is 5.91 Å². The molecule has 3 aromatic rings. The van der Waals surface area contributed by atoms with Crippen molar-refractivity contribution in [1.29, 1.82) is 0 Å². The number of carbonyl (C=O) groups excluding carboxylic acids is 1. The first-order chi connectivity index (χ1) is 10.1. The Kier molecular flexibility index (Phi) is 3.97. The lowest BCUT2D eigenvalue weighted by molar-refractivity contribution is 0.0956. The van der Waals surface area contributed by atoms with E-state index >= 15 is 0 Å². The molecule has 1 aromatic carbocycles. The van der Waals surface area contributed by atoms with Crippen molar-refractivity contribution in [2.24, 2.45) is 0 Å². The van der Waals surface area contributed by atoms with Crippen molar-refractivity contribution in [2.45, 2.75) is 6.54 Å². The number of fused-ring (bicyclic) bond motifs is 1. The molecule has 0 aliphatic carbocycles. The molecule has 1 amide bonds. The first-order valence-corrected chi connectivity index (χ1v) is 8.53. The maximum atomic E-state index is 13.2. The Morgan fingerprint density at radius 3 is 2.90 bits per heavy atom. The Labute approximate surface area is 136 Å². The van der Waals surface area contributed by atoms with Crippen LogP contribution in [0.5, 0.6) is 0 Å². The first-order valence-electron chi connectivity index (χ1n) is 6.04. The molecule has 0 unspecified atom stereocenters. The van der Waals surface area contributed by atoms with E-state index in [-0.39, 0.29) is 11.7 Å². The van der Waals surface area contributed by atoms with Crippen molar-refractivity contribution in [1.82, 2.24) is 5.32 Å². The van der Waals surface area contributed by atoms with E-state index in [2.05, 4.69) is 21.2 Å². The van der Waals surface area contributed by atoms with Gasteiger partial charge < -0.3 is 11.1 Å². The molecule has 2 aromatic heterocycles. The predicted molar refractivity (Wildman–Crippen MR) is 89.4 cm³/mol. The highest BCUT2D eigenvalue weighted by Gasteiger charge is 2.17. The third-order valence-corrected chi connectivity index (χ3v) is 6.11. The zero-order valence-corrected chi connectivity index (χ0v) is 13.9. The van der Waals surface area contributed by atoms with Crippen molar-refractivity contribution in [3.63, 3.8) is 0 Å². The number of nitrogen functional groups attached to an aromatic ring is 1. The average Bonchev–Trinajstić information content (AvgIpc) is 3.01. The second kappa shape index (κ2) is 5.75. The molecule has 108 valence electrons. The van der Waals surface area contributed by atoms with Gasteiger partial charge in [-0.3, -0.25) is 4.79 Å². The smallest absolute Gasteiger partial charge is 0.263 e. The SMILES string of the molecule is Nc1c(C(=O)NCc2sccc2Br)sc2ccc(F)cc12. The Balaban J connectivity index is 1.84. The van der Waals surface area contributed by atoms with Gasteiger partial charge in [0.2, 0.25) is 0 Å². The average molecular weight is 385 g/mol. The van der Waals surface area contributed by atoms with Gasteiger partial charge in [0.15, 0.2) is 0 Å². The third kappa shape index (κ3) is 2.81.